The van der Waals surface area contributed by atoms with Gasteiger partial charge in [-0.25, -0.2) is 0 Å². The van der Waals surface area contributed by atoms with Gasteiger partial charge in [-0.1, -0.05) is 17.7 Å². The maximum absolute atomic E-state index is 12.7. The van der Waals surface area contributed by atoms with Gasteiger partial charge >= 0.3 is 0 Å². The van der Waals surface area contributed by atoms with E-state index in [9.17, 15) is 4.79 Å². The number of rotatable bonds is 6. The molecular formula is C20H26Cl2N2O. The van der Waals surface area contributed by atoms with Gasteiger partial charge in [0.15, 0.2) is 0 Å². The molecule has 2 N–H and O–H groups in total. The maximum atomic E-state index is 12.7. The lowest BCUT2D eigenvalue weighted by Gasteiger charge is -2.56. The Hall–Kier alpha value is -0.930. The largest absolute Gasteiger partial charge is 0.383 e. The van der Waals surface area contributed by atoms with Crippen LogP contribution in [-0.4, -0.2) is 24.9 Å². The van der Waals surface area contributed by atoms with Crippen molar-refractivity contribution < 1.29 is 4.79 Å². The Balaban J connectivity index is 1.43. The minimum atomic E-state index is -0.0599. The van der Waals surface area contributed by atoms with E-state index >= 15 is 0 Å². The fourth-order valence-corrected chi connectivity index (χ4v) is 6.27. The molecule has 25 heavy (non-hydrogen) atoms. The Morgan fingerprint density at radius 1 is 1.12 bits per heavy atom. The molecule has 4 aliphatic carbocycles. The molecule has 4 saturated carbocycles. The van der Waals surface area contributed by atoms with Crippen molar-refractivity contribution in [3.8, 4) is 0 Å². The molecule has 5 rings (SSSR count). The van der Waals surface area contributed by atoms with Gasteiger partial charge in [-0.3, -0.25) is 4.79 Å². The minimum Gasteiger partial charge on any atom is -0.383 e. The van der Waals surface area contributed by atoms with Crippen molar-refractivity contribution in [1.82, 2.24) is 5.32 Å². The highest BCUT2D eigenvalue weighted by Crippen LogP contribution is 2.59. The van der Waals surface area contributed by atoms with Gasteiger partial charge in [0.05, 0.1) is 16.3 Å². The molecule has 1 aromatic rings. The van der Waals surface area contributed by atoms with Gasteiger partial charge in [0.2, 0.25) is 0 Å². The molecule has 5 heteroatoms. The molecule has 0 atom stereocenters. The van der Waals surface area contributed by atoms with E-state index in [1.807, 2.05) is 12.1 Å². The third-order valence-electron chi connectivity index (χ3n) is 6.44. The van der Waals surface area contributed by atoms with Crippen LogP contribution < -0.4 is 10.6 Å². The second kappa shape index (κ2) is 7.00. The number of amides is 1. The van der Waals surface area contributed by atoms with Crippen LogP contribution in [0.1, 0.15) is 48.9 Å². The van der Waals surface area contributed by atoms with Crippen LogP contribution in [-0.2, 0) is 0 Å². The number of benzene rings is 1. The van der Waals surface area contributed by atoms with E-state index in [1.165, 1.54) is 38.5 Å². The molecule has 0 spiro atoms. The van der Waals surface area contributed by atoms with Gasteiger partial charge in [-0.15, -0.1) is 11.6 Å². The molecule has 1 amide bonds. The number of halogens is 2. The number of hydrogen-bond acceptors (Lipinski definition) is 2. The van der Waals surface area contributed by atoms with Crippen LogP contribution in [0.2, 0.25) is 5.02 Å². The lowest BCUT2D eigenvalue weighted by molar-refractivity contribution is -0.0503. The van der Waals surface area contributed by atoms with Gasteiger partial charge in [0, 0.05) is 19.0 Å². The number of hydrogen-bond donors (Lipinski definition) is 2. The first kappa shape index (κ1) is 17.5. The van der Waals surface area contributed by atoms with Crippen molar-refractivity contribution in [3.63, 3.8) is 0 Å². The van der Waals surface area contributed by atoms with Crippen molar-refractivity contribution in [1.29, 1.82) is 0 Å². The second-order valence-electron chi connectivity index (χ2n) is 8.38. The smallest absolute Gasteiger partial charge is 0.252 e. The average molecular weight is 381 g/mol. The first-order valence-corrected chi connectivity index (χ1v) is 10.4. The van der Waals surface area contributed by atoms with Crippen molar-refractivity contribution in [2.24, 2.45) is 23.2 Å². The minimum absolute atomic E-state index is 0.0599. The van der Waals surface area contributed by atoms with E-state index in [2.05, 4.69) is 10.6 Å². The molecule has 0 saturated heterocycles. The van der Waals surface area contributed by atoms with Crippen LogP contribution >= 0.6 is 23.2 Å². The van der Waals surface area contributed by atoms with E-state index < -0.39 is 0 Å². The Labute approximate surface area is 159 Å². The molecule has 0 heterocycles. The molecule has 0 unspecified atom stereocenters. The molecule has 0 radical (unpaired) electrons. The molecular weight excluding hydrogens is 355 g/mol. The third-order valence-corrected chi connectivity index (χ3v) is 7.04. The lowest BCUT2D eigenvalue weighted by Crippen LogP contribution is -2.51. The zero-order chi connectivity index (χ0) is 17.4. The predicted octanol–water partition coefficient (Wildman–Crippen LogP) is 4.94. The van der Waals surface area contributed by atoms with Crippen LogP contribution in [0.25, 0.3) is 0 Å². The zero-order valence-corrected chi connectivity index (χ0v) is 16.0. The third kappa shape index (κ3) is 3.50. The highest BCUT2D eigenvalue weighted by Gasteiger charge is 2.50. The first-order valence-electron chi connectivity index (χ1n) is 9.45. The summed E-state index contributed by atoms with van der Waals surface area (Å²) < 4.78 is 0. The Morgan fingerprint density at radius 3 is 2.36 bits per heavy atom. The summed E-state index contributed by atoms with van der Waals surface area (Å²) in [7, 11) is 0. The first-order chi connectivity index (χ1) is 12.1. The normalized spacial score (nSPS) is 32.6. The summed E-state index contributed by atoms with van der Waals surface area (Å²) in [6, 6.07) is 5.54. The molecule has 4 bridgehead atoms. The van der Waals surface area contributed by atoms with Gasteiger partial charge in [-0.2, -0.15) is 0 Å². The number of anilines is 1. The average Bonchev–Trinajstić information content (AvgIpc) is 2.58. The van der Waals surface area contributed by atoms with Crippen molar-refractivity contribution in [2.75, 3.05) is 24.3 Å². The summed E-state index contributed by atoms with van der Waals surface area (Å²) in [5.41, 5.74) is 1.65. The molecule has 3 nitrogen and oxygen atoms in total. The summed E-state index contributed by atoms with van der Waals surface area (Å²) in [6.07, 6.45) is 8.16. The van der Waals surface area contributed by atoms with Gasteiger partial charge in [0.25, 0.3) is 5.91 Å². The topological polar surface area (TPSA) is 41.1 Å². The standard InChI is InChI=1S/C20H26Cl2N2O/c21-4-5-23-17-3-1-2-16(18(17)22)19(25)24-12-20-9-13-6-14(10-20)8-15(7-13)11-20/h1-3,13-15,23H,4-12H2,(H,24,25). The van der Waals surface area contributed by atoms with Crippen molar-refractivity contribution in [3.05, 3.63) is 28.8 Å². The summed E-state index contributed by atoms with van der Waals surface area (Å²) in [5, 5.41) is 6.85. The summed E-state index contributed by atoms with van der Waals surface area (Å²) in [4.78, 5) is 12.7. The Kier molecular flexibility index (Phi) is 4.89. The van der Waals surface area contributed by atoms with E-state index in [4.69, 9.17) is 23.2 Å². The van der Waals surface area contributed by atoms with E-state index in [0.717, 1.165) is 30.0 Å². The Bertz CT molecular complexity index is 626. The molecule has 136 valence electrons. The van der Waals surface area contributed by atoms with Crippen LogP contribution in [0, 0.1) is 23.2 Å². The predicted molar refractivity (Wildman–Crippen MR) is 104 cm³/mol. The number of alkyl halides is 1. The van der Waals surface area contributed by atoms with E-state index in [1.54, 1.807) is 6.07 Å². The highest BCUT2D eigenvalue weighted by molar-refractivity contribution is 6.36. The van der Waals surface area contributed by atoms with Crippen molar-refractivity contribution >= 4 is 34.8 Å². The van der Waals surface area contributed by atoms with Crippen LogP contribution in [0.4, 0.5) is 5.69 Å². The number of carbonyl (C=O) groups excluding carboxylic acids is 1. The van der Waals surface area contributed by atoms with Crippen LogP contribution in [0.3, 0.4) is 0 Å². The molecule has 0 aliphatic heterocycles. The molecule has 4 aliphatic rings. The SMILES string of the molecule is O=C(NCC12CC3CC(CC(C3)C1)C2)c1cccc(NCCCl)c1Cl. The maximum Gasteiger partial charge on any atom is 0.252 e. The fourth-order valence-electron chi connectivity index (χ4n) is 5.90. The van der Waals surface area contributed by atoms with E-state index in [0.29, 0.717) is 28.4 Å². The summed E-state index contributed by atoms with van der Waals surface area (Å²) in [6.45, 7) is 1.42. The van der Waals surface area contributed by atoms with Crippen molar-refractivity contribution in [2.45, 2.75) is 38.5 Å². The summed E-state index contributed by atoms with van der Waals surface area (Å²) in [5.74, 6) is 3.13. The number of nitrogens with one attached hydrogen (secondary N) is 2. The Morgan fingerprint density at radius 2 is 1.76 bits per heavy atom. The van der Waals surface area contributed by atoms with Gasteiger partial charge in [0.1, 0.15) is 0 Å². The second-order valence-corrected chi connectivity index (χ2v) is 9.14. The summed E-state index contributed by atoms with van der Waals surface area (Å²) >= 11 is 12.1. The van der Waals surface area contributed by atoms with Crippen LogP contribution in [0.15, 0.2) is 18.2 Å². The number of carbonyl (C=O) groups is 1. The lowest BCUT2D eigenvalue weighted by atomic mass is 9.49. The molecule has 0 aromatic heterocycles. The fraction of sp³-hybridized carbons (Fsp3) is 0.650. The van der Waals surface area contributed by atoms with Crippen LogP contribution in [0.5, 0.6) is 0 Å². The van der Waals surface area contributed by atoms with E-state index in [-0.39, 0.29) is 5.91 Å². The molecule has 4 fully saturated rings. The zero-order valence-electron chi connectivity index (χ0n) is 14.5. The monoisotopic (exact) mass is 380 g/mol. The highest BCUT2D eigenvalue weighted by atomic mass is 35.5. The van der Waals surface area contributed by atoms with Gasteiger partial charge in [-0.05, 0) is 73.8 Å². The van der Waals surface area contributed by atoms with Gasteiger partial charge < -0.3 is 10.6 Å². The molecule has 1 aromatic carbocycles. The quantitative estimate of drug-likeness (QED) is 0.686.